The summed E-state index contributed by atoms with van der Waals surface area (Å²) in [4.78, 5) is 27.5. The average Bonchev–Trinajstić information content (AvgIpc) is 2.78. The van der Waals surface area contributed by atoms with E-state index in [-0.39, 0.29) is 30.7 Å². The molecule has 3 aromatic carbocycles. The van der Waals surface area contributed by atoms with Gasteiger partial charge in [-0.2, -0.15) is 0 Å². The lowest BCUT2D eigenvalue weighted by Gasteiger charge is -2.26. The molecule has 3 aromatic rings. The van der Waals surface area contributed by atoms with Crippen molar-refractivity contribution in [2.75, 3.05) is 13.1 Å². The fourth-order valence-corrected chi connectivity index (χ4v) is 3.33. The minimum absolute atomic E-state index is 0.0350. The molecule has 0 unspecified atom stereocenters. The number of carbonyl (C=O) groups excluding carboxylic acids is 2. The Labute approximate surface area is 176 Å². The number of rotatable bonds is 8. The maximum atomic E-state index is 13.4. The predicted octanol–water partition coefficient (Wildman–Crippen LogP) is 4.12. The monoisotopic (exact) mass is 404 g/mol. The third-order valence-electron chi connectivity index (χ3n) is 4.94. The van der Waals surface area contributed by atoms with E-state index < -0.39 is 5.92 Å². The summed E-state index contributed by atoms with van der Waals surface area (Å²) in [6, 6.07) is 25.1. The summed E-state index contributed by atoms with van der Waals surface area (Å²) in [6.45, 7) is 2.52. The first-order valence-corrected chi connectivity index (χ1v) is 9.98. The van der Waals surface area contributed by atoms with E-state index in [1.54, 1.807) is 17.0 Å². The van der Waals surface area contributed by atoms with Crippen LogP contribution < -0.4 is 5.32 Å². The molecule has 0 fully saturated rings. The summed E-state index contributed by atoms with van der Waals surface area (Å²) in [5, 5.41) is 2.80. The Kier molecular flexibility index (Phi) is 7.33. The Morgan fingerprint density at radius 3 is 1.90 bits per heavy atom. The van der Waals surface area contributed by atoms with E-state index in [4.69, 9.17) is 0 Å². The summed E-state index contributed by atoms with van der Waals surface area (Å²) in [6.07, 6.45) is 0. The average molecular weight is 404 g/mol. The number of amides is 2. The van der Waals surface area contributed by atoms with Crippen LogP contribution in [0.25, 0.3) is 0 Å². The minimum atomic E-state index is -0.475. The van der Waals surface area contributed by atoms with Gasteiger partial charge in [-0.25, -0.2) is 4.39 Å². The van der Waals surface area contributed by atoms with Crippen molar-refractivity contribution < 1.29 is 14.0 Å². The molecule has 0 saturated carbocycles. The molecule has 0 aliphatic heterocycles. The molecule has 30 heavy (non-hydrogen) atoms. The Balaban J connectivity index is 1.72. The zero-order chi connectivity index (χ0) is 21.3. The van der Waals surface area contributed by atoms with Gasteiger partial charge < -0.3 is 10.2 Å². The van der Waals surface area contributed by atoms with Crippen molar-refractivity contribution in [3.63, 3.8) is 0 Å². The standard InChI is InChI=1S/C25H25FN2O2/c1-2-28(18-23(29)27-17-19-13-15-22(26)16-14-19)25(30)24(20-9-5-3-6-10-20)21-11-7-4-8-12-21/h3-16,24H,2,17-18H2,1H3,(H,27,29). The Bertz CT molecular complexity index is 920. The van der Waals surface area contributed by atoms with Crippen molar-refractivity contribution in [3.8, 4) is 0 Å². The summed E-state index contributed by atoms with van der Waals surface area (Å²) in [5.74, 6) is -1.17. The molecule has 0 spiro atoms. The summed E-state index contributed by atoms with van der Waals surface area (Å²) in [7, 11) is 0. The zero-order valence-corrected chi connectivity index (χ0v) is 16.9. The number of hydrogen-bond donors (Lipinski definition) is 1. The van der Waals surface area contributed by atoms with Crippen LogP contribution in [0, 0.1) is 5.82 Å². The Morgan fingerprint density at radius 1 is 0.867 bits per heavy atom. The van der Waals surface area contributed by atoms with Crippen molar-refractivity contribution in [1.29, 1.82) is 0 Å². The van der Waals surface area contributed by atoms with Crippen molar-refractivity contribution in [3.05, 3.63) is 107 Å². The fraction of sp³-hybridized carbons (Fsp3) is 0.200. The number of hydrogen-bond acceptors (Lipinski definition) is 2. The molecule has 1 N–H and O–H groups in total. The number of halogens is 1. The molecule has 0 aromatic heterocycles. The number of carbonyl (C=O) groups is 2. The third kappa shape index (κ3) is 5.54. The predicted molar refractivity (Wildman–Crippen MR) is 115 cm³/mol. The van der Waals surface area contributed by atoms with Crippen LogP contribution in [-0.4, -0.2) is 29.8 Å². The molecule has 0 atom stereocenters. The van der Waals surface area contributed by atoms with Gasteiger partial charge in [0.05, 0.1) is 12.5 Å². The van der Waals surface area contributed by atoms with Crippen molar-refractivity contribution >= 4 is 11.8 Å². The number of nitrogens with one attached hydrogen (secondary N) is 1. The van der Waals surface area contributed by atoms with E-state index >= 15 is 0 Å². The molecule has 0 aliphatic rings. The number of likely N-dealkylation sites (N-methyl/N-ethyl adjacent to an activating group) is 1. The van der Waals surface area contributed by atoms with Gasteiger partial charge in [-0.1, -0.05) is 72.8 Å². The van der Waals surface area contributed by atoms with Crippen LogP contribution in [-0.2, 0) is 16.1 Å². The van der Waals surface area contributed by atoms with Crippen molar-refractivity contribution in [2.45, 2.75) is 19.4 Å². The lowest BCUT2D eigenvalue weighted by molar-refractivity contribution is -0.136. The van der Waals surface area contributed by atoms with Crippen LogP contribution in [0.2, 0.25) is 0 Å². The highest BCUT2D eigenvalue weighted by Crippen LogP contribution is 2.26. The Morgan fingerprint density at radius 2 is 1.40 bits per heavy atom. The van der Waals surface area contributed by atoms with Gasteiger partial charge in [-0.05, 0) is 35.7 Å². The summed E-state index contributed by atoms with van der Waals surface area (Å²) < 4.78 is 13.0. The van der Waals surface area contributed by atoms with E-state index in [0.29, 0.717) is 6.54 Å². The van der Waals surface area contributed by atoms with Gasteiger partial charge in [-0.3, -0.25) is 9.59 Å². The molecule has 5 heteroatoms. The molecule has 2 amide bonds. The first-order valence-electron chi connectivity index (χ1n) is 9.98. The molecule has 0 heterocycles. The zero-order valence-electron chi connectivity index (χ0n) is 16.9. The van der Waals surface area contributed by atoms with Crippen LogP contribution in [0.15, 0.2) is 84.9 Å². The smallest absolute Gasteiger partial charge is 0.239 e. The Hall–Kier alpha value is -3.47. The van der Waals surface area contributed by atoms with E-state index in [2.05, 4.69) is 5.32 Å². The molecule has 0 bridgehead atoms. The van der Waals surface area contributed by atoms with Crippen LogP contribution in [0.5, 0.6) is 0 Å². The molecule has 0 aliphatic carbocycles. The molecule has 0 radical (unpaired) electrons. The normalized spacial score (nSPS) is 10.6. The van der Waals surface area contributed by atoms with Gasteiger partial charge in [0.25, 0.3) is 0 Å². The second-order valence-electron chi connectivity index (χ2n) is 7.01. The van der Waals surface area contributed by atoms with E-state index in [1.165, 1.54) is 12.1 Å². The topological polar surface area (TPSA) is 49.4 Å². The second-order valence-corrected chi connectivity index (χ2v) is 7.01. The van der Waals surface area contributed by atoms with Gasteiger partial charge in [0, 0.05) is 13.1 Å². The van der Waals surface area contributed by atoms with E-state index in [1.807, 2.05) is 67.6 Å². The van der Waals surface area contributed by atoms with Crippen LogP contribution >= 0.6 is 0 Å². The molecule has 154 valence electrons. The van der Waals surface area contributed by atoms with E-state index in [9.17, 15) is 14.0 Å². The van der Waals surface area contributed by atoms with Gasteiger partial charge in [0.2, 0.25) is 11.8 Å². The molecule has 0 saturated heterocycles. The molecular weight excluding hydrogens is 379 g/mol. The molecule has 3 rings (SSSR count). The van der Waals surface area contributed by atoms with E-state index in [0.717, 1.165) is 16.7 Å². The lowest BCUT2D eigenvalue weighted by atomic mass is 9.90. The lowest BCUT2D eigenvalue weighted by Crippen LogP contribution is -2.42. The first kappa shape index (κ1) is 21.2. The van der Waals surface area contributed by atoms with Crippen molar-refractivity contribution in [1.82, 2.24) is 10.2 Å². The number of benzene rings is 3. The summed E-state index contributed by atoms with van der Waals surface area (Å²) in [5.41, 5.74) is 2.57. The molecule has 4 nitrogen and oxygen atoms in total. The highest BCUT2D eigenvalue weighted by Gasteiger charge is 2.27. The quantitative estimate of drug-likeness (QED) is 0.614. The van der Waals surface area contributed by atoms with Gasteiger partial charge in [0.1, 0.15) is 5.82 Å². The first-order chi connectivity index (χ1) is 14.6. The van der Waals surface area contributed by atoms with Gasteiger partial charge >= 0.3 is 0 Å². The highest BCUT2D eigenvalue weighted by molar-refractivity contribution is 5.90. The third-order valence-corrected chi connectivity index (χ3v) is 4.94. The largest absolute Gasteiger partial charge is 0.350 e. The maximum absolute atomic E-state index is 13.4. The van der Waals surface area contributed by atoms with Crippen LogP contribution in [0.4, 0.5) is 4.39 Å². The highest BCUT2D eigenvalue weighted by atomic mass is 19.1. The van der Waals surface area contributed by atoms with Gasteiger partial charge in [-0.15, -0.1) is 0 Å². The SMILES string of the molecule is CCN(CC(=O)NCc1ccc(F)cc1)C(=O)C(c1ccccc1)c1ccccc1. The minimum Gasteiger partial charge on any atom is -0.350 e. The fourth-order valence-electron chi connectivity index (χ4n) is 3.33. The van der Waals surface area contributed by atoms with Crippen molar-refractivity contribution in [2.24, 2.45) is 0 Å². The summed E-state index contributed by atoms with van der Waals surface area (Å²) >= 11 is 0. The van der Waals surface area contributed by atoms with Gasteiger partial charge in [0.15, 0.2) is 0 Å². The molecular formula is C25H25FN2O2. The van der Waals surface area contributed by atoms with Crippen LogP contribution in [0.1, 0.15) is 29.5 Å². The maximum Gasteiger partial charge on any atom is 0.239 e. The second kappa shape index (κ2) is 10.3. The van der Waals surface area contributed by atoms with Crippen LogP contribution in [0.3, 0.4) is 0 Å². The number of nitrogens with zero attached hydrogens (tertiary/aromatic N) is 1.